The zero-order valence-corrected chi connectivity index (χ0v) is 14.6. The molecule has 0 amide bonds. The number of rotatable bonds is 2. The maximum absolute atomic E-state index is 6.41. The van der Waals surface area contributed by atoms with Gasteiger partial charge in [0.1, 0.15) is 9.98 Å². The summed E-state index contributed by atoms with van der Waals surface area (Å²) in [6, 6.07) is 0.497. The van der Waals surface area contributed by atoms with Crippen molar-refractivity contribution < 1.29 is 0 Å². The molecule has 1 aliphatic heterocycles. The number of likely N-dealkylation sites (tertiary alicyclic amines) is 1. The molecule has 2 aromatic rings. The Bertz CT molecular complexity index is 661. The maximum atomic E-state index is 6.41. The standard InChI is InChI=1S/C15H21ClN4S/c1-9-10(2)21-14-12(9)13(16)17-15(18-14)20(4)11-5-7-19(3)8-6-11/h11H,5-8H2,1-4H3. The molecule has 3 rings (SSSR count). The molecule has 0 aromatic carbocycles. The summed E-state index contributed by atoms with van der Waals surface area (Å²) in [5, 5.41) is 1.59. The Morgan fingerprint density at radius 3 is 2.57 bits per heavy atom. The molecule has 4 nitrogen and oxygen atoms in total. The number of hydrogen-bond acceptors (Lipinski definition) is 5. The molecule has 0 N–H and O–H groups in total. The molecule has 6 heteroatoms. The Morgan fingerprint density at radius 1 is 1.24 bits per heavy atom. The first-order chi connectivity index (χ1) is 9.97. The van der Waals surface area contributed by atoms with Crippen molar-refractivity contribution in [1.82, 2.24) is 14.9 Å². The maximum Gasteiger partial charge on any atom is 0.228 e. The normalized spacial score (nSPS) is 17.6. The van der Waals surface area contributed by atoms with Crippen LogP contribution in [0.1, 0.15) is 23.3 Å². The second kappa shape index (κ2) is 5.71. The van der Waals surface area contributed by atoms with Crippen LogP contribution < -0.4 is 4.90 Å². The predicted octanol–water partition coefficient (Wildman–Crippen LogP) is 3.49. The SMILES string of the molecule is Cc1sc2nc(N(C)C3CCN(C)CC3)nc(Cl)c2c1C. The number of hydrogen-bond donors (Lipinski definition) is 0. The van der Waals surface area contributed by atoms with E-state index in [4.69, 9.17) is 16.6 Å². The number of piperidine rings is 1. The molecule has 0 atom stereocenters. The van der Waals surface area contributed by atoms with Gasteiger partial charge in [-0.25, -0.2) is 9.97 Å². The van der Waals surface area contributed by atoms with E-state index >= 15 is 0 Å². The molecule has 114 valence electrons. The molecule has 0 spiro atoms. The van der Waals surface area contributed by atoms with E-state index in [-0.39, 0.29) is 0 Å². The molecule has 21 heavy (non-hydrogen) atoms. The third-order valence-electron chi connectivity index (χ3n) is 4.52. The fourth-order valence-corrected chi connectivity index (χ4v) is 4.28. The molecule has 3 heterocycles. The van der Waals surface area contributed by atoms with Crippen LogP contribution in [0.25, 0.3) is 10.2 Å². The van der Waals surface area contributed by atoms with Gasteiger partial charge in [0.2, 0.25) is 5.95 Å². The first kappa shape index (κ1) is 15.0. The van der Waals surface area contributed by atoms with Crippen LogP contribution in [0.2, 0.25) is 5.15 Å². The smallest absolute Gasteiger partial charge is 0.228 e. The first-order valence-corrected chi connectivity index (χ1v) is 8.51. The van der Waals surface area contributed by atoms with E-state index in [1.54, 1.807) is 11.3 Å². The van der Waals surface area contributed by atoms with E-state index < -0.39 is 0 Å². The van der Waals surface area contributed by atoms with Crippen molar-refractivity contribution in [2.45, 2.75) is 32.7 Å². The zero-order chi connectivity index (χ0) is 15.1. The minimum Gasteiger partial charge on any atom is -0.341 e. The number of aromatic nitrogens is 2. The summed E-state index contributed by atoms with van der Waals surface area (Å²) in [6.07, 6.45) is 2.29. The van der Waals surface area contributed by atoms with Crippen LogP contribution in [-0.2, 0) is 0 Å². The Balaban J connectivity index is 1.93. The molecular weight excluding hydrogens is 304 g/mol. The van der Waals surface area contributed by atoms with Gasteiger partial charge in [0.05, 0.1) is 5.39 Å². The van der Waals surface area contributed by atoms with E-state index in [1.807, 2.05) is 0 Å². The van der Waals surface area contributed by atoms with Crippen molar-refractivity contribution in [3.8, 4) is 0 Å². The molecular formula is C15H21ClN4S. The van der Waals surface area contributed by atoms with Gasteiger partial charge in [0.15, 0.2) is 0 Å². The van der Waals surface area contributed by atoms with Gasteiger partial charge in [0, 0.05) is 18.0 Å². The van der Waals surface area contributed by atoms with Crippen LogP contribution in [0.15, 0.2) is 0 Å². The van der Waals surface area contributed by atoms with Crippen molar-refractivity contribution in [1.29, 1.82) is 0 Å². The van der Waals surface area contributed by atoms with Crippen LogP contribution in [-0.4, -0.2) is 48.1 Å². The van der Waals surface area contributed by atoms with Crippen LogP contribution in [0, 0.1) is 13.8 Å². The number of fused-ring (bicyclic) bond motifs is 1. The third kappa shape index (κ3) is 2.74. The molecule has 0 unspecified atom stereocenters. The van der Waals surface area contributed by atoms with Gasteiger partial charge in [-0.1, -0.05) is 11.6 Å². The van der Waals surface area contributed by atoms with Gasteiger partial charge in [-0.05, 0) is 52.4 Å². The van der Waals surface area contributed by atoms with Gasteiger partial charge in [-0.3, -0.25) is 0 Å². The highest BCUT2D eigenvalue weighted by atomic mass is 35.5. The third-order valence-corrected chi connectivity index (χ3v) is 5.90. The summed E-state index contributed by atoms with van der Waals surface area (Å²) in [7, 11) is 4.26. The topological polar surface area (TPSA) is 32.3 Å². The van der Waals surface area contributed by atoms with E-state index in [0.29, 0.717) is 11.2 Å². The molecule has 0 bridgehead atoms. The van der Waals surface area contributed by atoms with Crippen LogP contribution in [0.4, 0.5) is 5.95 Å². The minimum atomic E-state index is 0.497. The second-order valence-electron chi connectivity index (χ2n) is 5.92. The fraction of sp³-hybridized carbons (Fsp3) is 0.600. The molecule has 0 aliphatic carbocycles. The number of aryl methyl sites for hydroxylation is 2. The Kier molecular flexibility index (Phi) is 4.08. The highest BCUT2D eigenvalue weighted by Gasteiger charge is 2.23. The van der Waals surface area contributed by atoms with E-state index in [9.17, 15) is 0 Å². The lowest BCUT2D eigenvalue weighted by atomic mass is 10.0. The lowest BCUT2D eigenvalue weighted by Crippen LogP contribution is -2.42. The highest BCUT2D eigenvalue weighted by Crippen LogP contribution is 2.34. The summed E-state index contributed by atoms with van der Waals surface area (Å²) in [5.74, 6) is 0.753. The quantitative estimate of drug-likeness (QED) is 0.792. The van der Waals surface area contributed by atoms with E-state index in [2.05, 4.69) is 42.7 Å². The average molecular weight is 325 g/mol. The number of nitrogens with zero attached hydrogens (tertiary/aromatic N) is 4. The van der Waals surface area contributed by atoms with Crippen LogP contribution >= 0.6 is 22.9 Å². The first-order valence-electron chi connectivity index (χ1n) is 7.32. The highest BCUT2D eigenvalue weighted by molar-refractivity contribution is 7.18. The van der Waals surface area contributed by atoms with Crippen molar-refractivity contribution in [3.63, 3.8) is 0 Å². The lowest BCUT2D eigenvalue weighted by Gasteiger charge is -2.35. The molecule has 1 saturated heterocycles. The molecule has 0 radical (unpaired) electrons. The molecule has 0 saturated carbocycles. The van der Waals surface area contributed by atoms with Crippen molar-refractivity contribution in [3.05, 3.63) is 15.6 Å². The Morgan fingerprint density at radius 2 is 1.90 bits per heavy atom. The number of halogens is 1. The summed E-state index contributed by atoms with van der Waals surface area (Å²) in [5.41, 5.74) is 1.20. The second-order valence-corrected chi connectivity index (χ2v) is 7.48. The Hall–Kier alpha value is -0.910. The average Bonchev–Trinajstić information content (AvgIpc) is 2.74. The largest absolute Gasteiger partial charge is 0.341 e. The van der Waals surface area contributed by atoms with E-state index in [1.165, 1.54) is 10.4 Å². The molecule has 2 aromatic heterocycles. The Labute approximate surface area is 134 Å². The van der Waals surface area contributed by atoms with Gasteiger partial charge in [-0.2, -0.15) is 0 Å². The summed E-state index contributed by atoms with van der Waals surface area (Å²) in [4.78, 5) is 16.1. The number of anilines is 1. The van der Waals surface area contributed by atoms with Crippen molar-refractivity contribution >= 4 is 39.1 Å². The predicted molar refractivity (Wildman–Crippen MR) is 90.8 cm³/mol. The van der Waals surface area contributed by atoms with Crippen LogP contribution in [0.5, 0.6) is 0 Å². The molecule has 1 aliphatic rings. The van der Waals surface area contributed by atoms with Crippen LogP contribution in [0.3, 0.4) is 0 Å². The van der Waals surface area contributed by atoms with Crippen molar-refractivity contribution in [2.24, 2.45) is 0 Å². The summed E-state index contributed by atoms with van der Waals surface area (Å²) < 4.78 is 0. The van der Waals surface area contributed by atoms with Crippen molar-refractivity contribution in [2.75, 3.05) is 32.1 Å². The monoisotopic (exact) mass is 324 g/mol. The van der Waals surface area contributed by atoms with Gasteiger partial charge >= 0.3 is 0 Å². The zero-order valence-electron chi connectivity index (χ0n) is 13.0. The summed E-state index contributed by atoms with van der Waals surface area (Å²) >= 11 is 8.11. The molecule has 1 fully saturated rings. The summed E-state index contributed by atoms with van der Waals surface area (Å²) in [6.45, 7) is 6.45. The van der Waals surface area contributed by atoms with Gasteiger partial charge in [-0.15, -0.1) is 11.3 Å². The van der Waals surface area contributed by atoms with Gasteiger partial charge < -0.3 is 9.80 Å². The fourth-order valence-electron chi connectivity index (χ4n) is 2.89. The number of thiophene rings is 1. The minimum absolute atomic E-state index is 0.497. The van der Waals surface area contributed by atoms with E-state index in [0.717, 1.165) is 42.1 Å². The van der Waals surface area contributed by atoms with Gasteiger partial charge in [0.25, 0.3) is 0 Å². The lowest BCUT2D eigenvalue weighted by molar-refractivity contribution is 0.252.